The highest BCUT2D eigenvalue weighted by Crippen LogP contribution is 2.66. The Kier molecular flexibility index (Phi) is 3.66. The average molecular weight is 439 g/mol. The van der Waals surface area contributed by atoms with Crippen molar-refractivity contribution in [3.05, 3.63) is 23.3 Å². The molecule has 0 amide bonds. The van der Waals surface area contributed by atoms with E-state index in [0.29, 0.717) is 25.7 Å². The molecule has 6 rings (SSSR count). The van der Waals surface area contributed by atoms with Gasteiger partial charge < -0.3 is 23.6 Å². The molecule has 30 heavy (non-hydrogen) atoms. The highest BCUT2D eigenvalue weighted by Gasteiger charge is 2.76. The summed E-state index contributed by atoms with van der Waals surface area (Å²) >= 11 is 0. The standard InChI is InChI=1S/C21H27NO7S/c1-22(11-12-2-3-12)9-8-20-17-13-4-5-15(29-30(25,26)27)18(17)28-19(20)14(23)6-7-21(20,24)16(22)10-13/h4-5,12,14,16,19,23-24H,2-3,6-11H2,1H3/p+1/t14?,16-,19+,20+,21-,22-/m1/s1. The SMILES string of the molecule is C[N@+]1(CC2CC2)CC[C@]23c4c5ccc(OS(=O)(=O)O)c4O[C@H]2C(O)CC[C@@]3(O)[C@H]1C5. The molecule has 5 aliphatic rings. The highest BCUT2D eigenvalue weighted by atomic mass is 32.3. The second-order valence-corrected chi connectivity index (χ2v) is 11.3. The van der Waals surface area contributed by atoms with Gasteiger partial charge in [0.25, 0.3) is 0 Å². The van der Waals surface area contributed by atoms with Gasteiger partial charge >= 0.3 is 10.4 Å². The summed E-state index contributed by atoms with van der Waals surface area (Å²) in [7, 11) is -2.47. The summed E-state index contributed by atoms with van der Waals surface area (Å²) in [6.45, 7) is 1.93. The topological polar surface area (TPSA) is 113 Å². The van der Waals surface area contributed by atoms with Crippen molar-refractivity contribution in [1.29, 1.82) is 0 Å². The van der Waals surface area contributed by atoms with Crippen LogP contribution in [0.2, 0.25) is 0 Å². The number of hydrogen-bond acceptors (Lipinski definition) is 6. The number of ether oxygens (including phenoxy) is 1. The third kappa shape index (κ3) is 2.33. The van der Waals surface area contributed by atoms with Crippen LogP contribution in [0.5, 0.6) is 11.5 Å². The van der Waals surface area contributed by atoms with Gasteiger partial charge in [0, 0.05) is 24.3 Å². The van der Waals surface area contributed by atoms with Crippen LogP contribution in [0.25, 0.3) is 0 Å². The number of hydrogen-bond donors (Lipinski definition) is 3. The van der Waals surface area contributed by atoms with E-state index >= 15 is 0 Å². The van der Waals surface area contributed by atoms with E-state index in [0.717, 1.165) is 34.6 Å². The van der Waals surface area contributed by atoms with E-state index in [9.17, 15) is 23.2 Å². The summed E-state index contributed by atoms with van der Waals surface area (Å²) in [4.78, 5) is 0. The van der Waals surface area contributed by atoms with Crippen LogP contribution in [0.15, 0.2) is 12.1 Å². The molecular weight excluding hydrogens is 410 g/mol. The molecule has 9 heteroatoms. The molecule has 1 aromatic rings. The lowest BCUT2D eigenvalue weighted by Gasteiger charge is -2.65. The van der Waals surface area contributed by atoms with E-state index in [1.807, 2.05) is 6.07 Å². The highest BCUT2D eigenvalue weighted by molar-refractivity contribution is 7.81. The number of benzene rings is 1. The molecule has 2 aliphatic heterocycles. The summed E-state index contributed by atoms with van der Waals surface area (Å²) in [6, 6.07) is 3.33. The van der Waals surface area contributed by atoms with Crippen LogP contribution in [0.3, 0.4) is 0 Å². The van der Waals surface area contributed by atoms with Gasteiger partial charge in [0.15, 0.2) is 11.5 Å². The number of aliphatic hydroxyl groups is 2. The van der Waals surface area contributed by atoms with Crippen LogP contribution in [0.1, 0.15) is 43.2 Å². The van der Waals surface area contributed by atoms with Crippen molar-refractivity contribution in [2.45, 2.75) is 67.8 Å². The second kappa shape index (κ2) is 5.69. The van der Waals surface area contributed by atoms with Crippen molar-refractivity contribution >= 4 is 10.4 Å². The molecule has 1 unspecified atom stereocenters. The van der Waals surface area contributed by atoms with Crippen LogP contribution >= 0.6 is 0 Å². The summed E-state index contributed by atoms with van der Waals surface area (Å²) in [5, 5.41) is 23.2. The Morgan fingerprint density at radius 3 is 2.73 bits per heavy atom. The zero-order chi connectivity index (χ0) is 21.1. The molecule has 2 bridgehead atoms. The van der Waals surface area contributed by atoms with Gasteiger partial charge in [-0.15, -0.1) is 0 Å². The number of likely N-dealkylation sites (N-methyl/N-ethyl adjacent to an activating group) is 1. The van der Waals surface area contributed by atoms with Gasteiger partial charge in [-0.05, 0) is 37.3 Å². The van der Waals surface area contributed by atoms with Gasteiger partial charge in [-0.2, -0.15) is 8.42 Å². The molecule has 3 aliphatic carbocycles. The predicted octanol–water partition coefficient (Wildman–Crippen LogP) is 0.938. The number of quaternary nitrogens is 1. The van der Waals surface area contributed by atoms with Gasteiger partial charge in [-0.1, -0.05) is 6.07 Å². The minimum Gasteiger partial charge on any atom is -0.482 e. The quantitative estimate of drug-likeness (QED) is 0.474. The Morgan fingerprint density at radius 2 is 2.03 bits per heavy atom. The third-order valence-corrected chi connectivity index (χ3v) is 9.02. The molecule has 0 radical (unpaired) electrons. The predicted molar refractivity (Wildman–Crippen MR) is 106 cm³/mol. The van der Waals surface area contributed by atoms with E-state index in [-0.39, 0.29) is 17.5 Å². The monoisotopic (exact) mass is 438 g/mol. The fraction of sp³-hybridized carbons (Fsp3) is 0.714. The first-order valence-corrected chi connectivity index (χ1v) is 12.2. The Labute approximate surface area is 175 Å². The van der Waals surface area contributed by atoms with Gasteiger partial charge in [0.1, 0.15) is 17.7 Å². The Bertz CT molecular complexity index is 1040. The molecule has 6 atom stereocenters. The Morgan fingerprint density at radius 1 is 1.27 bits per heavy atom. The first kappa shape index (κ1) is 19.3. The maximum atomic E-state index is 12.3. The third-order valence-electron chi connectivity index (χ3n) is 8.63. The summed E-state index contributed by atoms with van der Waals surface area (Å²) in [6.07, 6.45) is 3.33. The minimum absolute atomic E-state index is 0.00255. The van der Waals surface area contributed by atoms with Crippen molar-refractivity contribution < 1.29 is 36.6 Å². The smallest absolute Gasteiger partial charge is 0.446 e. The average Bonchev–Trinajstić information content (AvgIpc) is 3.38. The van der Waals surface area contributed by atoms with Gasteiger partial charge in [-0.25, -0.2) is 0 Å². The van der Waals surface area contributed by atoms with Gasteiger partial charge in [0.05, 0.1) is 31.7 Å². The minimum atomic E-state index is -4.73. The second-order valence-electron chi connectivity index (χ2n) is 10.3. The number of rotatable bonds is 4. The van der Waals surface area contributed by atoms with Crippen LogP contribution in [0, 0.1) is 5.92 Å². The fourth-order valence-corrected chi connectivity index (χ4v) is 7.66. The molecule has 3 fully saturated rings. The molecule has 2 heterocycles. The van der Waals surface area contributed by atoms with Gasteiger partial charge in [-0.3, -0.25) is 4.55 Å². The van der Waals surface area contributed by atoms with Gasteiger partial charge in [0.2, 0.25) is 0 Å². The largest absolute Gasteiger partial charge is 0.482 e. The van der Waals surface area contributed by atoms with E-state index < -0.39 is 33.6 Å². The van der Waals surface area contributed by atoms with Crippen LogP contribution in [-0.2, 0) is 22.2 Å². The lowest BCUT2D eigenvalue weighted by molar-refractivity contribution is -0.950. The molecule has 164 valence electrons. The molecule has 2 saturated carbocycles. The van der Waals surface area contributed by atoms with Crippen molar-refractivity contribution in [2.75, 3.05) is 20.1 Å². The number of nitrogens with zero attached hydrogens (tertiary/aromatic N) is 1. The van der Waals surface area contributed by atoms with Crippen molar-refractivity contribution in [3.63, 3.8) is 0 Å². The van der Waals surface area contributed by atoms with Crippen molar-refractivity contribution in [2.24, 2.45) is 5.92 Å². The maximum Gasteiger partial charge on any atom is 0.446 e. The molecule has 1 spiro atoms. The zero-order valence-electron chi connectivity index (χ0n) is 17.0. The zero-order valence-corrected chi connectivity index (χ0v) is 17.8. The van der Waals surface area contributed by atoms with E-state index in [2.05, 4.69) is 7.05 Å². The molecule has 0 aromatic heterocycles. The first-order chi connectivity index (χ1) is 14.1. The molecule has 8 nitrogen and oxygen atoms in total. The molecule has 1 saturated heterocycles. The fourth-order valence-electron chi connectivity index (χ4n) is 7.30. The van der Waals surface area contributed by atoms with E-state index in [1.54, 1.807) is 0 Å². The van der Waals surface area contributed by atoms with Crippen LogP contribution in [0.4, 0.5) is 0 Å². The van der Waals surface area contributed by atoms with Crippen molar-refractivity contribution in [1.82, 2.24) is 0 Å². The Balaban J connectivity index is 1.56. The van der Waals surface area contributed by atoms with E-state index in [1.165, 1.54) is 18.9 Å². The summed E-state index contributed by atoms with van der Waals surface area (Å²) in [5.74, 6) is 0.875. The normalized spacial score (nSPS) is 43.7. The maximum absolute atomic E-state index is 12.3. The van der Waals surface area contributed by atoms with Crippen LogP contribution < -0.4 is 8.92 Å². The van der Waals surface area contributed by atoms with Crippen molar-refractivity contribution in [3.8, 4) is 11.5 Å². The molecule has 1 aromatic carbocycles. The summed E-state index contributed by atoms with van der Waals surface area (Å²) < 4.78 is 43.8. The number of piperidine rings is 1. The number of likely N-dealkylation sites (tertiary alicyclic amines) is 1. The summed E-state index contributed by atoms with van der Waals surface area (Å²) in [5.41, 5.74) is -0.0612. The number of aliphatic hydroxyl groups excluding tert-OH is 1. The Hall–Kier alpha value is -1.39. The lowest BCUT2D eigenvalue weighted by Crippen LogP contribution is -2.81. The first-order valence-electron chi connectivity index (χ1n) is 10.8. The molecule has 3 N–H and O–H groups in total. The van der Waals surface area contributed by atoms with Crippen LogP contribution in [-0.4, -0.2) is 71.7 Å². The van der Waals surface area contributed by atoms with E-state index in [4.69, 9.17) is 8.92 Å². The molecular formula is C21H28NO7S+. The lowest BCUT2D eigenvalue weighted by atomic mass is 9.48.